The highest BCUT2D eigenvalue weighted by Gasteiger charge is 2.23. The van der Waals surface area contributed by atoms with Gasteiger partial charge < -0.3 is 19.8 Å². The van der Waals surface area contributed by atoms with Crippen molar-refractivity contribution in [3.63, 3.8) is 0 Å². The van der Waals surface area contributed by atoms with Crippen LogP contribution in [0.15, 0.2) is 48.5 Å². The molecule has 0 atom stereocenters. The first-order valence-corrected chi connectivity index (χ1v) is 10.7. The van der Waals surface area contributed by atoms with E-state index < -0.39 is 18.5 Å². The summed E-state index contributed by atoms with van der Waals surface area (Å²) < 4.78 is 5.25. The Balaban J connectivity index is 1.95. The topological polar surface area (TPSA) is 104 Å². The van der Waals surface area contributed by atoms with Gasteiger partial charge in [0.25, 0.3) is 0 Å². The second kappa shape index (κ2) is 9.84. The van der Waals surface area contributed by atoms with Crippen molar-refractivity contribution in [3.05, 3.63) is 69.6 Å². The molecule has 2 aromatic carbocycles. The largest absolute Gasteiger partial charge is 0.480 e. The highest BCUT2D eigenvalue weighted by Crippen LogP contribution is 2.41. The number of hydrogen-bond donors (Lipinski definition) is 2. The van der Waals surface area contributed by atoms with Gasteiger partial charge in [0.05, 0.1) is 6.54 Å². The van der Waals surface area contributed by atoms with Gasteiger partial charge in [-0.25, -0.2) is 9.59 Å². The third-order valence-corrected chi connectivity index (χ3v) is 6.24. The molecule has 0 aliphatic carbocycles. The number of thiophene rings is 1. The number of carboxylic acid groups (broad SMARTS) is 2. The number of carbonyl (C=O) groups excluding carboxylic acids is 1. The molecule has 1 heterocycles. The first-order chi connectivity index (χ1) is 15.2. The lowest BCUT2D eigenvalue weighted by molar-refractivity contribution is -0.139. The van der Waals surface area contributed by atoms with Crippen molar-refractivity contribution in [2.45, 2.75) is 20.4 Å². The average molecular weight is 474 g/mol. The van der Waals surface area contributed by atoms with Crippen LogP contribution < -0.4 is 9.64 Å². The molecule has 0 saturated heterocycles. The SMILES string of the molecule is CC(=O)N(Cc1cccc(-c2sc(C(=O)O)c(OCC(=O)O)c2C)c1)c1ccc(Cl)cc1. The molecule has 3 aromatic rings. The first kappa shape index (κ1) is 23.3. The maximum absolute atomic E-state index is 12.3. The van der Waals surface area contributed by atoms with Gasteiger partial charge in [0.15, 0.2) is 11.5 Å². The molecule has 0 bridgehead atoms. The maximum Gasteiger partial charge on any atom is 0.349 e. The first-order valence-electron chi connectivity index (χ1n) is 9.51. The van der Waals surface area contributed by atoms with E-state index in [1.165, 1.54) is 6.92 Å². The number of benzene rings is 2. The highest BCUT2D eigenvalue weighted by atomic mass is 35.5. The van der Waals surface area contributed by atoms with Gasteiger partial charge in [-0.3, -0.25) is 4.79 Å². The zero-order valence-electron chi connectivity index (χ0n) is 17.3. The quantitative estimate of drug-likeness (QED) is 0.472. The third-order valence-electron chi connectivity index (χ3n) is 4.67. The van der Waals surface area contributed by atoms with Crippen LogP contribution in [0.1, 0.15) is 27.7 Å². The summed E-state index contributed by atoms with van der Waals surface area (Å²) >= 11 is 6.97. The van der Waals surface area contributed by atoms with Crippen LogP contribution >= 0.6 is 22.9 Å². The van der Waals surface area contributed by atoms with E-state index in [0.29, 0.717) is 27.7 Å². The number of rotatable bonds is 8. The zero-order valence-corrected chi connectivity index (χ0v) is 18.9. The molecule has 0 radical (unpaired) electrons. The second-order valence-electron chi connectivity index (χ2n) is 6.98. The molecule has 9 heteroatoms. The molecular weight excluding hydrogens is 454 g/mol. The number of hydrogen-bond acceptors (Lipinski definition) is 5. The molecular formula is C23H20ClNO6S. The minimum Gasteiger partial charge on any atom is -0.480 e. The molecule has 2 N–H and O–H groups in total. The molecule has 3 rings (SSSR count). The van der Waals surface area contributed by atoms with Crippen LogP contribution in [-0.2, 0) is 16.1 Å². The molecule has 1 amide bonds. The second-order valence-corrected chi connectivity index (χ2v) is 8.44. The maximum atomic E-state index is 12.3. The van der Waals surface area contributed by atoms with Crippen molar-refractivity contribution in [1.82, 2.24) is 0 Å². The summed E-state index contributed by atoms with van der Waals surface area (Å²) in [7, 11) is 0. The number of carboxylic acids is 2. The monoisotopic (exact) mass is 473 g/mol. The fourth-order valence-electron chi connectivity index (χ4n) is 3.22. The summed E-state index contributed by atoms with van der Waals surface area (Å²) in [6, 6.07) is 14.4. The number of ether oxygens (including phenoxy) is 1. The van der Waals surface area contributed by atoms with Gasteiger partial charge >= 0.3 is 11.9 Å². The molecule has 0 fully saturated rings. The highest BCUT2D eigenvalue weighted by molar-refractivity contribution is 7.18. The summed E-state index contributed by atoms with van der Waals surface area (Å²) in [5.41, 5.74) is 2.84. The number of anilines is 1. The fraction of sp³-hybridized carbons (Fsp3) is 0.174. The van der Waals surface area contributed by atoms with Gasteiger partial charge in [0.2, 0.25) is 5.91 Å². The Kier molecular flexibility index (Phi) is 7.17. The summed E-state index contributed by atoms with van der Waals surface area (Å²) in [6.45, 7) is 2.85. The average Bonchev–Trinajstić information content (AvgIpc) is 3.08. The van der Waals surface area contributed by atoms with Crippen molar-refractivity contribution in [3.8, 4) is 16.2 Å². The van der Waals surface area contributed by atoms with Gasteiger partial charge in [0, 0.05) is 28.1 Å². The van der Waals surface area contributed by atoms with Crippen LogP contribution in [0.2, 0.25) is 5.02 Å². The van der Waals surface area contributed by atoms with Crippen molar-refractivity contribution in [2.75, 3.05) is 11.5 Å². The van der Waals surface area contributed by atoms with Crippen molar-refractivity contribution in [1.29, 1.82) is 0 Å². The Hall–Kier alpha value is -3.36. The van der Waals surface area contributed by atoms with E-state index >= 15 is 0 Å². The molecule has 0 saturated carbocycles. The minimum atomic E-state index is -1.19. The van der Waals surface area contributed by atoms with Crippen LogP contribution in [0.25, 0.3) is 10.4 Å². The minimum absolute atomic E-state index is 0.0526. The molecule has 1 aromatic heterocycles. The molecule has 0 spiro atoms. The van der Waals surface area contributed by atoms with Crippen molar-refractivity contribution in [2.24, 2.45) is 0 Å². The Morgan fingerprint density at radius 3 is 2.38 bits per heavy atom. The van der Waals surface area contributed by atoms with Crippen molar-refractivity contribution >= 4 is 46.5 Å². The normalized spacial score (nSPS) is 10.6. The molecule has 166 valence electrons. The van der Waals surface area contributed by atoms with Crippen molar-refractivity contribution < 1.29 is 29.3 Å². The van der Waals surface area contributed by atoms with Gasteiger partial charge in [-0.15, -0.1) is 11.3 Å². The number of nitrogens with zero attached hydrogens (tertiary/aromatic N) is 1. The number of aliphatic carboxylic acids is 1. The molecule has 0 aliphatic heterocycles. The van der Waals surface area contributed by atoms with Gasteiger partial charge in [0.1, 0.15) is 5.75 Å². The lowest BCUT2D eigenvalue weighted by atomic mass is 10.1. The number of amides is 1. The molecule has 32 heavy (non-hydrogen) atoms. The van der Waals surface area contributed by atoms with E-state index in [0.717, 1.165) is 22.5 Å². The standard InChI is InChI=1S/C23H20ClNO6S/c1-13-20(31-12-19(27)28)22(23(29)30)32-21(13)16-5-3-4-15(10-16)11-25(14(2)26)18-8-6-17(24)7-9-18/h3-10H,11-12H2,1-2H3,(H,27,28)(H,29,30). The number of carbonyl (C=O) groups is 3. The Bertz CT molecular complexity index is 1170. The van der Waals surface area contributed by atoms with E-state index in [4.69, 9.17) is 21.4 Å². The predicted octanol–water partition coefficient (Wildman–Crippen LogP) is 5.09. The van der Waals surface area contributed by atoms with Crippen LogP contribution in [0, 0.1) is 6.92 Å². The van der Waals surface area contributed by atoms with Crippen LogP contribution in [0.5, 0.6) is 5.75 Å². The number of halogens is 1. The van der Waals surface area contributed by atoms with Gasteiger partial charge in [-0.05, 0) is 48.4 Å². The summed E-state index contributed by atoms with van der Waals surface area (Å²) in [5, 5.41) is 19.0. The molecule has 0 aliphatic rings. The number of aromatic carboxylic acids is 1. The van der Waals surface area contributed by atoms with Crippen LogP contribution in [-0.4, -0.2) is 34.7 Å². The Morgan fingerprint density at radius 2 is 1.78 bits per heavy atom. The fourth-order valence-corrected chi connectivity index (χ4v) is 4.43. The van der Waals surface area contributed by atoms with E-state index in [9.17, 15) is 19.5 Å². The third kappa shape index (κ3) is 5.27. The van der Waals surface area contributed by atoms with Gasteiger partial charge in [-0.1, -0.05) is 29.8 Å². The smallest absolute Gasteiger partial charge is 0.349 e. The van der Waals surface area contributed by atoms with Crippen LogP contribution in [0.4, 0.5) is 5.69 Å². The van der Waals surface area contributed by atoms with Gasteiger partial charge in [-0.2, -0.15) is 0 Å². The van der Waals surface area contributed by atoms with Crippen LogP contribution in [0.3, 0.4) is 0 Å². The summed E-state index contributed by atoms with van der Waals surface area (Å²) in [6.07, 6.45) is 0. The van der Waals surface area contributed by atoms with E-state index in [2.05, 4.69) is 0 Å². The zero-order chi connectivity index (χ0) is 23.4. The Labute approximate surface area is 193 Å². The lowest BCUT2D eigenvalue weighted by Crippen LogP contribution is -2.27. The predicted molar refractivity (Wildman–Crippen MR) is 123 cm³/mol. The van der Waals surface area contributed by atoms with E-state index in [-0.39, 0.29) is 16.5 Å². The summed E-state index contributed by atoms with van der Waals surface area (Å²) in [4.78, 5) is 37.0. The summed E-state index contributed by atoms with van der Waals surface area (Å²) in [5.74, 6) is -2.47. The molecule has 7 nitrogen and oxygen atoms in total. The Morgan fingerprint density at radius 1 is 1.09 bits per heavy atom. The van der Waals surface area contributed by atoms with E-state index in [1.807, 2.05) is 24.3 Å². The lowest BCUT2D eigenvalue weighted by Gasteiger charge is -2.21. The molecule has 0 unspecified atom stereocenters. The van der Waals surface area contributed by atoms with E-state index in [1.54, 1.807) is 36.1 Å².